The maximum absolute atomic E-state index is 12.1. The van der Waals surface area contributed by atoms with Gasteiger partial charge in [0, 0.05) is 22.6 Å². The lowest BCUT2D eigenvalue weighted by atomic mass is 9.84. The normalized spacial score (nSPS) is 32.6. The predicted molar refractivity (Wildman–Crippen MR) is 114 cm³/mol. The van der Waals surface area contributed by atoms with Crippen LogP contribution in [0.3, 0.4) is 0 Å². The molecule has 6 heteroatoms. The first kappa shape index (κ1) is 20.9. The van der Waals surface area contributed by atoms with Crippen LogP contribution in [0.1, 0.15) is 38.2 Å². The molecule has 0 radical (unpaired) electrons. The van der Waals surface area contributed by atoms with E-state index in [1.807, 2.05) is 12.1 Å². The Hall–Kier alpha value is -2.37. The Morgan fingerprint density at radius 3 is 2.90 bits per heavy atom. The van der Waals surface area contributed by atoms with Crippen LogP contribution in [0.5, 0.6) is 0 Å². The number of allylic oxidation sites excluding steroid dienone is 1. The van der Waals surface area contributed by atoms with Crippen molar-refractivity contribution in [1.82, 2.24) is 0 Å². The highest BCUT2D eigenvalue weighted by Gasteiger charge is 2.61. The summed E-state index contributed by atoms with van der Waals surface area (Å²) in [7, 11) is 0. The molecule has 2 heterocycles. The molecule has 0 bridgehead atoms. The van der Waals surface area contributed by atoms with E-state index in [4.69, 9.17) is 25.8 Å². The summed E-state index contributed by atoms with van der Waals surface area (Å²) in [6.07, 6.45) is 8.00. The van der Waals surface area contributed by atoms with Crippen LogP contribution in [0.4, 0.5) is 0 Å². The number of fused-ring (bicyclic) bond motifs is 3. The number of hydrogen-bond donors (Lipinski definition) is 0. The molecule has 2 fully saturated rings. The van der Waals surface area contributed by atoms with Gasteiger partial charge in [-0.05, 0) is 62.0 Å². The number of benzene rings is 1. The zero-order valence-corrected chi connectivity index (χ0v) is 17.7. The second-order valence-electron chi connectivity index (χ2n) is 8.29. The van der Waals surface area contributed by atoms with Gasteiger partial charge in [0.1, 0.15) is 18.8 Å². The molecular weight excluding hydrogens is 404 g/mol. The van der Waals surface area contributed by atoms with E-state index in [9.17, 15) is 9.59 Å². The maximum atomic E-state index is 12.1. The van der Waals surface area contributed by atoms with Crippen LogP contribution in [-0.2, 0) is 23.8 Å². The van der Waals surface area contributed by atoms with Crippen molar-refractivity contribution in [2.45, 2.75) is 50.4 Å². The Balaban J connectivity index is 1.37. The van der Waals surface area contributed by atoms with Gasteiger partial charge in [-0.15, -0.1) is 0 Å². The van der Waals surface area contributed by atoms with Crippen LogP contribution >= 0.6 is 11.6 Å². The number of epoxide rings is 1. The summed E-state index contributed by atoms with van der Waals surface area (Å²) in [4.78, 5) is 24.2. The van der Waals surface area contributed by atoms with Gasteiger partial charge in [-0.25, -0.2) is 9.59 Å². The monoisotopic (exact) mass is 428 g/mol. The predicted octanol–water partition coefficient (Wildman–Crippen LogP) is 4.65. The molecular formula is C24H25ClO5. The van der Waals surface area contributed by atoms with Crippen LogP contribution in [0.25, 0.3) is 6.08 Å². The first-order valence-electron chi connectivity index (χ1n) is 10.2. The Morgan fingerprint density at radius 2 is 2.13 bits per heavy atom. The van der Waals surface area contributed by atoms with E-state index < -0.39 is 5.97 Å². The average molecular weight is 429 g/mol. The first-order chi connectivity index (χ1) is 14.4. The Kier molecular flexibility index (Phi) is 5.85. The molecule has 4 rings (SSSR count). The largest absolute Gasteiger partial charge is 0.458 e. The molecule has 0 spiro atoms. The molecule has 2 aliphatic heterocycles. The van der Waals surface area contributed by atoms with Crippen molar-refractivity contribution in [3.05, 3.63) is 64.7 Å². The maximum Gasteiger partial charge on any atom is 0.334 e. The molecule has 3 aliphatic rings. The van der Waals surface area contributed by atoms with E-state index in [-0.39, 0.29) is 36.3 Å². The van der Waals surface area contributed by atoms with Gasteiger partial charge in [-0.2, -0.15) is 0 Å². The third-order valence-electron chi connectivity index (χ3n) is 6.12. The summed E-state index contributed by atoms with van der Waals surface area (Å²) in [5.74, 6) is -0.792. The minimum Gasteiger partial charge on any atom is -0.458 e. The highest BCUT2D eigenvalue weighted by Crippen LogP contribution is 2.49. The number of carbonyl (C=O) groups excluding carboxylic acids is 2. The van der Waals surface area contributed by atoms with Crippen LogP contribution in [0.2, 0.25) is 5.02 Å². The Labute approximate surface area is 181 Å². The van der Waals surface area contributed by atoms with E-state index in [0.29, 0.717) is 17.0 Å². The summed E-state index contributed by atoms with van der Waals surface area (Å²) in [5, 5.41) is 0.647. The number of hydrogen-bond acceptors (Lipinski definition) is 5. The molecule has 0 N–H and O–H groups in total. The zero-order chi connectivity index (χ0) is 21.3. The van der Waals surface area contributed by atoms with Crippen LogP contribution in [-0.4, -0.2) is 36.4 Å². The second kappa shape index (κ2) is 8.40. The lowest BCUT2D eigenvalue weighted by Gasteiger charge is -2.20. The van der Waals surface area contributed by atoms with E-state index in [1.54, 1.807) is 18.2 Å². The van der Waals surface area contributed by atoms with Gasteiger partial charge >= 0.3 is 11.9 Å². The zero-order valence-electron chi connectivity index (χ0n) is 16.9. The smallest absolute Gasteiger partial charge is 0.334 e. The molecule has 5 nitrogen and oxygen atoms in total. The Morgan fingerprint density at radius 1 is 1.37 bits per heavy atom. The van der Waals surface area contributed by atoms with Gasteiger partial charge in [0.05, 0.1) is 5.60 Å². The fourth-order valence-electron chi connectivity index (χ4n) is 4.20. The summed E-state index contributed by atoms with van der Waals surface area (Å²) < 4.78 is 16.9. The van der Waals surface area contributed by atoms with Gasteiger partial charge in [0.2, 0.25) is 0 Å². The summed E-state index contributed by atoms with van der Waals surface area (Å²) in [5.41, 5.74) is 2.15. The molecule has 30 heavy (non-hydrogen) atoms. The molecule has 0 aromatic heterocycles. The number of carbonyl (C=O) groups is 2. The number of ether oxygens (including phenoxy) is 3. The van der Waals surface area contributed by atoms with Crippen molar-refractivity contribution in [2.75, 3.05) is 6.61 Å². The minimum atomic E-state index is -0.401. The number of esters is 2. The van der Waals surface area contributed by atoms with Crippen LogP contribution < -0.4 is 0 Å². The molecule has 0 unspecified atom stereocenters. The Bertz CT molecular complexity index is 916. The van der Waals surface area contributed by atoms with Crippen LogP contribution in [0, 0.1) is 5.92 Å². The molecule has 1 aromatic carbocycles. The molecule has 1 aliphatic carbocycles. The van der Waals surface area contributed by atoms with Crippen molar-refractivity contribution < 1.29 is 23.8 Å². The summed E-state index contributed by atoms with van der Waals surface area (Å²) in [6.45, 7) is 6.21. The first-order valence-corrected chi connectivity index (χ1v) is 10.6. The fourth-order valence-corrected chi connectivity index (χ4v) is 4.33. The molecule has 158 valence electrons. The lowest BCUT2D eigenvalue weighted by molar-refractivity contribution is -0.140. The minimum absolute atomic E-state index is 0.0588. The van der Waals surface area contributed by atoms with E-state index in [0.717, 1.165) is 30.4 Å². The van der Waals surface area contributed by atoms with E-state index >= 15 is 0 Å². The summed E-state index contributed by atoms with van der Waals surface area (Å²) in [6, 6.07) is 7.20. The number of rotatable bonds is 4. The third-order valence-corrected chi connectivity index (χ3v) is 6.37. The molecule has 0 saturated carbocycles. The van der Waals surface area contributed by atoms with E-state index in [1.165, 1.54) is 6.08 Å². The third kappa shape index (κ3) is 4.52. The van der Waals surface area contributed by atoms with Crippen molar-refractivity contribution >= 4 is 29.6 Å². The second-order valence-corrected chi connectivity index (χ2v) is 8.72. The van der Waals surface area contributed by atoms with Gasteiger partial charge in [0.15, 0.2) is 0 Å². The quantitative estimate of drug-likeness (QED) is 0.302. The highest BCUT2D eigenvalue weighted by molar-refractivity contribution is 6.30. The van der Waals surface area contributed by atoms with Crippen molar-refractivity contribution in [3.63, 3.8) is 0 Å². The molecule has 4 atom stereocenters. The lowest BCUT2D eigenvalue weighted by Crippen LogP contribution is -2.29. The fraction of sp³-hybridized carbons (Fsp3) is 0.417. The van der Waals surface area contributed by atoms with Gasteiger partial charge in [0.25, 0.3) is 0 Å². The molecule has 2 saturated heterocycles. The topological polar surface area (TPSA) is 65.1 Å². The molecule has 1 aromatic rings. The van der Waals surface area contributed by atoms with Gasteiger partial charge in [-0.1, -0.05) is 36.4 Å². The van der Waals surface area contributed by atoms with Crippen molar-refractivity contribution in [1.29, 1.82) is 0 Å². The van der Waals surface area contributed by atoms with Gasteiger partial charge < -0.3 is 14.2 Å². The van der Waals surface area contributed by atoms with Gasteiger partial charge in [-0.3, -0.25) is 0 Å². The number of halogens is 1. The highest BCUT2D eigenvalue weighted by atomic mass is 35.5. The standard InChI is InChI=1S/C24H25ClO5/c1-15-19-11-7-17(4-3-13-24(2)22(30-24)21(19)29-23(15)27)14-28-20(26)12-8-16-5-9-18(25)10-6-16/h4-6,8-10,12,19,21-22H,1,3,7,11,13-14H2,2H3/b12-8+,17-4+/t19-,21-,22-,24+/m0/s1. The van der Waals surface area contributed by atoms with E-state index in [2.05, 4.69) is 19.6 Å². The SMILES string of the molecule is C=C1C(=O)O[C@H]2[C@H]1CC/C(COC(=O)/C=C/c1ccc(Cl)cc1)=C\CC[C@@]1(C)O[C@@H]21. The average Bonchev–Trinajstić information content (AvgIpc) is 3.31. The van der Waals surface area contributed by atoms with Crippen LogP contribution in [0.15, 0.2) is 54.1 Å². The summed E-state index contributed by atoms with van der Waals surface area (Å²) >= 11 is 5.87. The van der Waals surface area contributed by atoms with Crippen molar-refractivity contribution in [3.8, 4) is 0 Å². The molecule has 0 amide bonds. The van der Waals surface area contributed by atoms with Crippen molar-refractivity contribution in [2.24, 2.45) is 5.92 Å².